The summed E-state index contributed by atoms with van der Waals surface area (Å²) < 4.78 is 2.41. The van der Waals surface area contributed by atoms with Crippen LogP contribution in [0.1, 0.15) is 66.3 Å². The summed E-state index contributed by atoms with van der Waals surface area (Å²) in [4.78, 5) is 15.1. The molecule has 0 unspecified atom stereocenters. The number of carbonyl (C=O) groups excluding carboxylic acids is 1. The molecule has 148 valence electrons. The average molecular weight is 383 g/mol. The molecule has 6 heteroatoms. The zero-order chi connectivity index (χ0) is 17.6. The first-order valence-electron chi connectivity index (χ1n) is 10.1. The van der Waals surface area contributed by atoms with E-state index in [9.17, 15) is 4.79 Å². The number of aromatic nitrogens is 1. The highest BCUT2D eigenvalue weighted by molar-refractivity contribution is 5.95. The number of amides is 1. The van der Waals surface area contributed by atoms with Crippen LogP contribution < -0.4 is 10.6 Å². The lowest BCUT2D eigenvalue weighted by Crippen LogP contribution is -2.44. The summed E-state index contributed by atoms with van der Waals surface area (Å²) in [5, 5.41) is 6.50. The molecule has 0 atom stereocenters. The molecule has 26 heavy (non-hydrogen) atoms. The van der Waals surface area contributed by atoms with E-state index in [1.165, 1.54) is 37.8 Å². The first-order chi connectivity index (χ1) is 12.2. The first-order valence-corrected chi connectivity index (χ1v) is 10.1. The fourth-order valence-corrected chi connectivity index (χ4v) is 4.44. The zero-order valence-corrected chi connectivity index (χ0v) is 17.2. The van der Waals surface area contributed by atoms with Crippen LogP contribution in [0.15, 0.2) is 6.07 Å². The number of nitrogens with zero attached hydrogens (tertiary/aromatic N) is 2. The summed E-state index contributed by atoms with van der Waals surface area (Å²) in [6, 6.07) is 2.67. The molecular weight excluding hydrogens is 348 g/mol. The van der Waals surface area contributed by atoms with Crippen molar-refractivity contribution in [3.8, 4) is 0 Å². The molecule has 1 saturated carbocycles. The molecule has 0 spiro atoms. The van der Waals surface area contributed by atoms with Crippen molar-refractivity contribution in [1.29, 1.82) is 0 Å². The summed E-state index contributed by atoms with van der Waals surface area (Å²) >= 11 is 0. The molecule has 1 aromatic heterocycles. The van der Waals surface area contributed by atoms with E-state index in [-0.39, 0.29) is 18.3 Å². The summed E-state index contributed by atoms with van der Waals surface area (Å²) in [6.45, 7) is 10.5. The van der Waals surface area contributed by atoms with Gasteiger partial charge in [-0.3, -0.25) is 4.79 Å². The van der Waals surface area contributed by atoms with Crippen molar-refractivity contribution in [1.82, 2.24) is 20.1 Å². The van der Waals surface area contributed by atoms with Crippen LogP contribution in [0, 0.1) is 13.8 Å². The Kier molecular flexibility index (Phi) is 8.45. The predicted molar refractivity (Wildman–Crippen MR) is 110 cm³/mol. The molecule has 2 aliphatic rings. The Morgan fingerprint density at radius 2 is 1.88 bits per heavy atom. The van der Waals surface area contributed by atoms with Crippen molar-refractivity contribution in [2.45, 2.75) is 58.4 Å². The summed E-state index contributed by atoms with van der Waals surface area (Å²) in [6.07, 6.45) is 7.51. The van der Waals surface area contributed by atoms with Crippen LogP contribution in [0.2, 0.25) is 0 Å². The number of piperazine rings is 1. The van der Waals surface area contributed by atoms with Gasteiger partial charge in [-0.2, -0.15) is 0 Å². The Hall–Kier alpha value is -1.04. The van der Waals surface area contributed by atoms with E-state index in [1.807, 2.05) is 0 Å². The lowest BCUT2D eigenvalue weighted by Gasteiger charge is -2.27. The van der Waals surface area contributed by atoms with Gasteiger partial charge in [0.15, 0.2) is 0 Å². The second-order valence-electron chi connectivity index (χ2n) is 7.65. The van der Waals surface area contributed by atoms with Gasteiger partial charge < -0.3 is 20.1 Å². The predicted octanol–water partition coefficient (Wildman–Crippen LogP) is 3.06. The molecule has 2 fully saturated rings. The number of hydrogen-bond acceptors (Lipinski definition) is 3. The van der Waals surface area contributed by atoms with Crippen LogP contribution >= 0.6 is 12.4 Å². The number of rotatable bonds is 6. The number of carbonyl (C=O) groups is 1. The normalized spacial score (nSPS) is 19.2. The van der Waals surface area contributed by atoms with Crippen molar-refractivity contribution < 1.29 is 4.79 Å². The molecule has 1 aliphatic heterocycles. The Bertz CT molecular complexity index is 575. The molecule has 0 aromatic carbocycles. The Morgan fingerprint density at radius 3 is 2.58 bits per heavy atom. The van der Waals surface area contributed by atoms with E-state index < -0.39 is 0 Å². The summed E-state index contributed by atoms with van der Waals surface area (Å²) in [5.74, 6) is 0.0930. The van der Waals surface area contributed by atoms with Gasteiger partial charge in [0.05, 0.1) is 5.56 Å². The van der Waals surface area contributed by atoms with Gasteiger partial charge in [0.2, 0.25) is 0 Å². The maximum absolute atomic E-state index is 12.6. The molecule has 0 bridgehead atoms. The molecule has 1 aromatic rings. The Labute approximate surface area is 164 Å². The largest absolute Gasteiger partial charge is 0.352 e. The van der Waals surface area contributed by atoms with Gasteiger partial charge in [-0.05, 0) is 45.7 Å². The van der Waals surface area contributed by atoms with Crippen molar-refractivity contribution in [2.24, 2.45) is 0 Å². The molecule has 5 nitrogen and oxygen atoms in total. The van der Waals surface area contributed by atoms with Gasteiger partial charge >= 0.3 is 0 Å². The van der Waals surface area contributed by atoms with Crippen LogP contribution in [-0.4, -0.2) is 54.6 Å². The lowest BCUT2D eigenvalue weighted by atomic mass is 9.95. The highest BCUT2D eigenvalue weighted by atomic mass is 35.5. The minimum Gasteiger partial charge on any atom is -0.352 e. The van der Waals surface area contributed by atoms with Gasteiger partial charge in [0.25, 0.3) is 5.91 Å². The van der Waals surface area contributed by atoms with Gasteiger partial charge in [0.1, 0.15) is 0 Å². The van der Waals surface area contributed by atoms with Gasteiger partial charge in [-0.25, -0.2) is 0 Å². The number of aryl methyl sites for hydroxylation is 1. The first kappa shape index (κ1) is 21.3. The lowest BCUT2D eigenvalue weighted by molar-refractivity contribution is 0.0950. The highest BCUT2D eigenvalue weighted by Gasteiger charge is 2.22. The van der Waals surface area contributed by atoms with Gasteiger partial charge in [-0.15, -0.1) is 12.4 Å². The van der Waals surface area contributed by atoms with Crippen LogP contribution in [0.4, 0.5) is 0 Å². The summed E-state index contributed by atoms with van der Waals surface area (Å²) in [7, 11) is 0. The Morgan fingerprint density at radius 1 is 1.19 bits per heavy atom. The third-order valence-electron chi connectivity index (χ3n) is 5.82. The van der Waals surface area contributed by atoms with E-state index in [0.717, 1.165) is 56.9 Å². The topological polar surface area (TPSA) is 49.3 Å². The van der Waals surface area contributed by atoms with E-state index in [0.29, 0.717) is 6.04 Å². The quantitative estimate of drug-likeness (QED) is 0.743. The molecule has 1 aliphatic carbocycles. The fourth-order valence-electron chi connectivity index (χ4n) is 4.44. The van der Waals surface area contributed by atoms with Gasteiger partial charge in [-0.1, -0.05) is 19.3 Å². The molecule has 3 rings (SSSR count). The third-order valence-corrected chi connectivity index (χ3v) is 5.82. The highest BCUT2D eigenvalue weighted by Crippen LogP contribution is 2.32. The van der Waals surface area contributed by atoms with E-state index in [2.05, 4.69) is 40.0 Å². The summed E-state index contributed by atoms with van der Waals surface area (Å²) in [5.41, 5.74) is 3.24. The minimum atomic E-state index is 0. The van der Waals surface area contributed by atoms with Crippen LogP contribution in [0.3, 0.4) is 0 Å². The second-order valence-corrected chi connectivity index (χ2v) is 7.65. The molecule has 1 amide bonds. The van der Waals surface area contributed by atoms with Crippen molar-refractivity contribution in [3.63, 3.8) is 0 Å². The zero-order valence-electron chi connectivity index (χ0n) is 16.4. The molecule has 2 N–H and O–H groups in total. The van der Waals surface area contributed by atoms with Crippen LogP contribution in [-0.2, 0) is 0 Å². The fraction of sp³-hybridized carbons (Fsp3) is 0.750. The molecule has 0 radical (unpaired) electrons. The maximum Gasteiger partial charge on any atom is 0.253 e. The Balaban J connectivity index is 0.00000243. The van der Waals surface area contributed by atoms with E-state index in [1.54, 1.807) is 0 Å². The standard InChI is InChI=1S/C20H34N4O.ClH/c1-16-15-19(17(2)24(16)18-7-4-3-5-8-18)20(25)22-9-6-12-23-13-10-21-11-14-23;/h15,18,21H,3-14H2,1-2H3,(H,22,25);1H. The molecular formula is C20H35ClN4O. The van der Waals surface area contributed by atoms with E-state index in [4.69, 9.17) is 0 Å². The third kappa shape index (κ3) is 5.24. The van der Waals surface area contributed by atoms with Crippen LogP contribution in [0.25, 0.3) is 0 Å². The number of halogens is 1. The van der Waals surface area contributed by atoms with Gasteiger partial charge in [0, 0.05) is 50.2 Å². The number of hydrogen-bond donors (Lipinski definition) is 2. The van der Waals surface area contributed by atoms with E-state index >= 15 is 0 Å². The van der Waals surface area contributed by atoms with Crippen molar-refractivity contribution in [3.05, 3.63) is 23.0 Å². The number of nitrogens with one attached hydrogen (secondary N) is 2. The van der Waals surface area contributed by atoms with Crippen molar-refractivity contribution in [2.75, 3.05) is 39.3 Å². The second kappa shape index (κ2) is 10.3. The van der Waals surface area contributed by atoms with Crippen LogP contribution in [0.5, 0.6) is 0 Å². The minimum absolute atomic E-state index is 0. The SMILES string of the molecule is Cc1cc(C(=O)NCCCN2CCNCC2)c(C)n1C1CCCCC1.Cl. The monoisotopic (exact) mass is 382 g/mol. The smallest absolute Gasteiger partial charge is 0.253 e. The van der Waals surface area contributed by atoms with Crippen molar-refractivity contribution >= 4 is 18.3 Å². The molecule has 1 saturated heterocycles. The maximum atomic E-state index is 12.6. The average Bonchev–Trinajstić information content (AvgIpc) is 2.94. The molecule has 2 heterocycles.